The Kier molecular flexibility index (Phi) is 12.2. The van der Waals surface area contributed by atoms with E-state index in [0.29, 0.717) is 5.56 Å². The Morgan fingerprint density at radius 2 is 0.730 bits per heavy atom. The van der Waals surface area contributed by atoms with Crippen LogP contribution in [-0.4, -0.2) is 5.78 Å². The molecule has 0 aliphatic rings. The fourth-order valence-electron chi connectivity index (χ4n) is 8.11. The normalized spacial score (nSPS) is 11.2. The van der Waals surface area contributed by atoms with Gasteiger partial charge < -0.3 is 0 Å². The molecule has 0 atom stereocenters. The number of carbonyl (C=O) groups is 1. The van der Waals surface area contributed by atoms with Crippen LogP contribution in [0, 0.1) is 0 Å². The Bertz CT molecular complexity index is 3020. The number of benzene rings is 9. The minimum absolute atomic E-state index is 0.0604. The monoisotopic (exact) mass is 806 g/mol. The molecule has 0 fully saturated rings. The molecule has 0 aliphatic carbocycles. The van der Waals surface area contributed by atoms with Gasteiger partial charge in [0.1, 0.15) is 0 Å². The van der Waals surface area contributed by atoms with Gasteiger partial charge in [0, 0.05) is 5.56 Å². The number of hydrogen-bond acceptors (Lipinski definition) is 1. The maximum Gasteiger partial charge on any atom is 0.159 e. The molecule has 63 heavy (non-hydrogen) atoms. The van der Waals surface area contributed by atoms with Gasteiger partial charge in [-0.05, 0) is 114 Å². The second-order valence-corrected chi connectivity index (χ2v) is 15.7. The third-order valence-electron chi connectivity index (χ3n) is 11.5. The summed E-state index contributed by atoms with van der Waals surface area (Å²) in [5.74, 6) is 0.0604. The van der Waals surface area contributed by atoms with Gasteiger partial charge in [0.05, 0.1) is 0 Å². The summed E-state index contributed by atoms with van der Waals surface area (Å²) < 4.78 is 0. The minimum Gasteiger partial charge on any atom is -0.295 e. The molecule has 300 valence electrons. The zero-order valence-corrected chi connectivity index (χ0v) is 35.2. The third kappa shape index (κ3) is 9.60. The van der Waals surface area contributed by atoms with E-state index in [2.05, 4.69) is 249 Å². The van der Waals surface area contributed by atoms with E-state index in [-0.39, 0.29) is 5.78 Å². The number of fused-ring (bicyclic) bond motifs is 1. The van der Waals surface area contributed by atoms with Crippen LogP contribution in [0.25, 0.3) is 69.5 Å². The van der Waals surface area contributed by atoms with Gasteiger partial charge in [0.25, 0.3) is 0 Å². The fraction of sp³-hybridized carbons (Fsp3) is 0.0161. The summed E-state index contributed by atoms with van der Waals surface area (Å²) >= 11 is 0. The highest BCUT2D eigenvalue weighted by Gasteiger charge is 2.12. The van der Waals surface area contributed by atoms with Crippen molar-refractivity contribution in [2.45, 2.75) is 6.92 Å². The van der Waals surface area contributed by atoms with Crippen molar-refractivity contribution in [2.75, 3.05) is 0 Å². The highest BCUT2D eigenvalue weighted by molar-refractivity contribution is 6.06. The van der Waals surface area contributed by atoms with E-state index in [1.807, 2.05) is 12.1 Å². The maximum atomic E-state index is 12.2. The molecule has 0 saturated carbocycles. The van der Waals surface area contributed by atoms with Crippen molar-refractivity contribution in [3.8, 4) is 11.1 Å². The van der Waals surface area contributed by atoms with Crippen LogP contribution in [0.4, 0.5) is 0 Å². The first-order chi connectivity index (χ1) is 31.1. The molecule has 0 aromatic heterocycles. The Labute approximate surface area is 371 Å². The molecule has 0 N–H and O–H groups in total. The van der Waals surface area contributed by atoms with Crippen molar-refractivity contribution < 1.29 is 4.79 Å². The van der Waals surface area contributed by atoms with Crippen molar-refractivity contribution in [3.05, 3.63) is 286 Å². The van der Waals surface area contributed by atoms with E-state index in [1.165, 1.54) is 33.4 Å². The Hall–Kier alpha value is -8.13. The fourth-order valence-corrected chi connectivity index (χ4v) is 8.11. The molecule has 9 aromatic rings. The first-order valence-corrected chi connectivity index (χ1v) is 21.4. The molecule has 0 radical (unpaired) electrons. The molecule has 0 heterocycles. The molecule has 1 nitrogen and oxygen atoms in total. The van der Waals surface area contributed by atoms with Gasteiger partial charge in [-0.3, -0.25) is 4.79 Å². The molecule has 0 saturated heterocycles. The summed E-state index contributed by atoms with van der Waals surface area (Å²) in [6.45, 7) is 1.61. The van der Waals surface area contributed by atoms with Gasteiger partial charge in [-0.2, -0.15) is 0 Å². The molecule has 0 aliphatic heterocycles. The summed E-state index contributed by atoms with van der Waals surface area (Å²) in [6, 6.07) is 78.7. The molecule has 9 rings (SSSR count). The standard InChI is InChI=1S/C62H46O/c1-45(63)50-37-39-55(40-38-50)62-44-56(36-34-46-26-30-48(31-27-46)42-60(51-16-6-2-7-17-51)52-18-8-3-9-19-52)57(58-24-14-15-25-59(58)62)41-35-47-28-32-49(33-29-47)43-61(53-20-10-4-11-21-53)54-22-12-5-13-23-54/h2-44H,1H3. The summed E-state index contributed by atoms with van der Waals surface area (Å²) in [7, 11) is 0. The lowest BCUT2D eigenvalue weighted by Gasteiger charge is -2.14. The zero-order valence-electron chi connectivity index (χ0n) is 35.2. The van der Waals surface area contributed by atoms with Crippen LogP contribution >= 0.6 is 0 Å². The van der Waals surface area contributed by atoms with E-state index in [4.69, 9.17) is 0 Å². The lowest BCUT2D eigenvalue weighted by Crippen LogP contribution is -1.93. The lowest BCUT2D eigenvalue weighted by molar-refractivity contribution is 0.101. The van der Waals surface area contributed by atoms with Crippen LogP contribution in [0.1, 0.15) is 72.9 Å². The van der Waals surface area contributed by atoms with Crippen LogP contribution in [0.3, 0.4) is 0 Å². The second-order valence-electron chi connectivity index (χ2n) is 15.7. The summed E-state index contributed by atoms with van der Waals surface area (Å²) in [6.07, 6.45) is 13.4. The van der Waals surface area contributed by atoms with Crippen LogP contribution < -0.4 is 0 Å². The third-order valence-corrected chi connectivity index (χ3v) is 11.5. The van der Waals surface area contributed by atoms with Crippen LogP contribution in [0.15, 0.2) is 224 Å². The van der Waals surface area contributed by atoms with Crippen molar-refractivity contribution in [3.63, 3.8) is 0 Å². The molecular formula is C62H46O. The van der Waals surface area contributed by atoms with Gasteiger partial charge in [-0.15, -0.1) is 0 Å². The summed E-state index contributed by atoms with van der Waals surface area (Å²) in [5, 5.41) is 2.31. The molecule has 1 heteroatoms. The predicted molar refractivity (Wildman–Crippen MR) is 270 cm³/mol. The van der Waals surface area contributed by atoms with E-state index in [0.717, 1.165) is 55.3 Å². The number of hydrogen-bond donors (Lipinski definition) is 0. The largest absolute Gasteiger partial charge is 0.295 e. The minimum atomic E-state index is 0.0604. The van der Waals surface area contributed by atoms with Crippen molar-refractivity contribution >= 4 is 64.2 Å². The first-order valence-electron chi connectivity index (χ1n) is 21.4. The van der Waals surface area contributed by atoms with Gasteiger partial charge in [0.15, 0.2) is 5.78 Å². The first kappa shape index (κ1) is 40.3. The quantitative estimate of drug-likeness (QED) is 0.0888. The molecule has 0 spiro atoms. The highest BCUT2D eigenvalue weighted by atomic mass is 16.1. The number of Topliss-reactive ketones (excluding diaryl/α,β-unsaturated/α-hetero) is 1. The topological polar surface area (TPSA) is 17.1 Å². The Balaban J connectivity index is 1.08. The van der Waals surface area contributed by atoms with Crippen LogP contribution in [0.2, 0.25) is 0 Å². The molecule has 9 aromatic carbocycles. The second kappa shape index (κ2) is 19.1. The number of rotatable bonds is 12. The highest BCUT2D eigenvalue weighted by Crippen LogP contribution is 2.36. The lowest BCUT2D eigenvalue weighted by atomic mass is 9.90. The average Bonchev–Trinajstić information content (AvgIpc) is 3.35. The average molecular weight is 807 g/mol. The Morgan fingerprint density at radius 3 is 1.16 bits per heavy atom. The number of carbonyl (C=O) groups excluding carboxylic acids is 1. The van der Waals surface area contributed by atoms with Crippen molar-refractivity contribution in [1.82, 2.24) is 0 Å². The van der Waals surface area contributed by atoms with Gasteiger partial charge >= 0.3 is 0 Å². The van der Waals surface area contributed by atoms with E-state index in [9.17, 15) is 4.79 Å². The van der Waals surface area contributed by atoms with E-state index >= 15 is 0 Å². The summed E-state index contributed by atoms with van der Waals surface area (Å²) in [5.41, 5.74) is 16.8. The van der Waals surface area contributed by atoms with Crippen molar-refractivity contribution in [1.29, 1.82) is 0 Å². The predicted octanol–water partition coefficient (Wildman–Crippen LogP) is 16.2. The molecular weight excluding hydrogens is 761 g/mol. The molecule has 0 amide bonds. The van der Waals surface area contributed by atoms with Gasteiger partial charge in [-0.1, -0.05) is 243 Å². The van der Waals surface area contributed by atoms with E-state index in [1.54, 1.807) is 6.92 Å². The van der Waals surface area contributed by atoms with E-state index < -0.39 is 0 Å². The smallest absolute Gasteiger partial charge is 0.159 e. The molecule has 0 bridgehead atoms. The number of ketones is 1. The van der Waals surface area contributed by atoms with Gasteiger partial charge in [0.2, 0.25) is 0 Å². The summed E-state index contributed by atoms with van der Waals surface area (Å²) in [4.78, 5) is 12.2. The molecule has 0 unspecified atom stereocenters. The zero-order chi connectivity index (χ0) is 42.8. The SMILES string of the molecule is CC(=O)c1ccc(-c2cc(C=Cc3ccc(C=C(c4ccccc4)c4ccccc4)cc3)c(C=Cc3ccc(C=C(c4ccccc4)c4ccccc4)cc3)c3ccccc23)cc1. The van der Waals surface area contributed by atoms with Crippen molar-refractivity contribution in [2.24, 2.45) is 0 Å². The van der Waals surface area contributed by atoms with Crippen LogP contribution in [0.5, 0.6) is 0 Å². The van der Waals surface area contributed by atoms with Crippen LogP contribution in [-0.2, 0) is 0 Å². The van der Waals surface area contributed by atoms with Gasteiger partial charge in [-0.25, -0.2) is 0 Å². The maximum absolute atomic E-state index is 12.2. The Morgan fingerprint density at radius 1 is 0.349 bits per heavy atom.